The van der Waals surface area contributed by atoms with Crippen molar-refractivity contribution < 1.29 is 0 Å². The van der Waals surface area contributed by atoms with Crippen LogP contribution < -0.4 is 9.80 Å². The van der Waals surface area contributed by atoms with Crippen molar-refractivity contribution in [3.05, 3.63) is 108 Å². The third-order valence-electron chi connectivity index (χ3n) is 8.51. The molecule has 198 valence electrons. The minimum absolute atomic E-state index is 0.0717. The molecule has 3 atom stereocenters. The number of hydrogen-bond acceptors (Lipinski definition) is 4. The van der Waals surface area contributed by atoms with Gasteiger partial charge in [0.1, 0.15) is 6.17 Å². The molecule has 0 aliphatic carbocycles. The van der Waals surface area contributed by atoms with Crippen molar-refractivity contribution in [1.29, 1.82) is 0 Å². The fourth-order valence-corrected chi connectivity index (χ4v) is 6.66. The zero-order chi connectivity index (χ0) is 27.3. The number of benzene rings is 3. The van der Waals surface area contributed by atoms with Crippen molar-refractivity contribution in [2.24, 2.45) is 5.92 Å². The Balaban J connectivity index is 1.62. The second-order valence-electron chi connectivity index (χ2n) is 11.6. The summed E-state index contributed by atoms with van der Waals surface area (Å²) in [6.45, 7) is 15.5. The summed E-state index contributed by atoms with van der Waals surface area (Å²) in [5, 5.41) is 0. The Morgan fingerprint density at radius 3 is 2.15 bits per heavy atom. The van der Waals surface area contributed by atoms with E-state index in [2.05, 4.69) is 130 Å². The molecule has 0 fully saturated rings. The lowest BCUT2D eigenvalue weighted by atomic mass is 9.78. The van der Waals surface area contributed by atoms with Gasteiger partial charge >= 0.3 is 0 Å². The first kappa shape index (κ1) is 25.4. The molecule has 3 heterocycles. The summed E-state index contributed by atoms with van der Waals surface area (Å²) in [5.41, 5.74) is 8.55. The van der Waals surface area contributed by atoms with Gasteiger partial charge in [-0.2, -0.15) is 0 Å². The Bertz CT molecular complexity index is 1480. The molecule has 0 spiro atoms. The van der Waals surface area contributed by atoms with Crippen LogP contribution in [0.15, 0.2) is 91.6 Å². The average Bonchev–Trinajstić information content (AvgIpc) is 3.30. The van der Waals surface area contributed by atoms with Crippen LogP contribution >= 0.6 is 0 Å². The lowest BCUT2D eigenvalue weighted by Crippen LogP contribution is -2.48. The molecule has 2 aliphatic rings. The summed E-state index contributed by atoms with van der Waals surface area (Å²) in [7, 11) is 0. The lowest BCUT2D eigenvalue weighted by molar-refractivity contribution is 0.368. The lowest BCUT2D eigenvalue weighted by Gasteiger charge is -2.45. The predicted octanol–water partition coefficient (Wildman–Crippen LogP) is 9.32. The summed E-state index contributed by atoms with van der Waals surface area (Å²) < 4.78 is 0. The molecule has 0 N–H and O–H groups in total. The van der Waals surface area contributed by atoms with E-state index in [0.717, 1.165) is 29.4 Å². The molecule has 0 amide bonds. The second kappa shape index (κ2) is 10.00. The molecular weight excluding hydrogens is 476 g/mol. The molecule has 3 unspecified atom stereocenters. The van der Waals surface area contributed by atoms with Gasteiger partial charge in [-0.3, -0.25) is 0 Å². The smallest absolute Gasteiger partial charge is 0.179 e. The SMILES string of the molecule is C=CCC1c2ccccc2N2c3nc(-c4c(C(C)C)cccc4C(C)C)cnc3N(c3ccccc3)C2C1C. The van der Waals surface area contributed by atoms with E-state index in [-0.39, 0.29) is 6.17 Å². The summed E-state index contributed by atoms with van der Waals surface area (Å²) in [5.74, 6) is 3.33. The van der Waals surface area contributed by atoms with E-state index >= 15 is 0 Å². The van der Waals surface area contributed by atoms with Crippen LogP contribution in [-0.4, -0.2) is 16.1 Å². The number of aromatic nitrogens is 2. The predicted molar refractivity (Wildman–Crippen MR) is 163 cm³/mol. The van der Waals surface area contributed by atoms with Crippen molar-refractivity contribution in [2.45, 2.75) is 65.0 Å². The van der Waals surface area contributed by atoms with Gasteiger partial charge in [-0.15, -0.1) is 6.58 Å². The highest BCUT2D eigenvalue weighted by Gasteiger charge is 2.49. The molecule has 1 aromatic heterocycles. The van der Waals surface area contributed by atoms with Gasteiger partial charge in [-0.1, -0.05) is 95.3 Å². The monoisotopic (exact) mass is 514 g/mol. The zero-order valence-corrected chi connectivity index (χ0v) is 23.7. The Morgan fingerprint density at radius 2 is 1.49 bits per heavy atom. The van der Waals surface area contributed by atoms with Gasteiger partial charge in [-0.05, 0) is 59.1 Å². The third kappa shape index (κ3) is 4.05. The zero-order valence-electron chi connectivity index (χ0n) is 23.7. The number of nitrogens with zero attached hydrogens (tertiary/aromatic N) is 4. The highest BCUT2D eigenvalue weighted by Crippen LogP contribution is 2.55. The average molecular weight is 515 g/mol. The molecule has 0 saturated heterocycles. The first-order valence-electron chi connectivity index (χ1n) is 14.3. The molecule has 39 heavy (non-hydrogen) atoms. The molecule has 0 saturated carbocycles. The van der Waals surface area contributed by atoms with Crippen LogP contribution in [0.25, 0.3) is 11.3 Å². The summed E-state index contributed by atoms with van der Waals surface area (Å²) >= 11 is 0. The van der Waals surface area contributed by atoms with Gasteiger partial charge in [0.15, 0.2) is 11.6 Å². The summed E-state index contributed by atoms with van der Waals surface area (Å²) in [6.07, 6.45) is 5.07. The molecular formula is C35H38N4. The molecule has 3 aromatic carbocycles. The van der Waals surface area contributed by atoms with Crippen LogP contribution in [0.1, 0.15) is 75.5 Å². The Hall–Kier alpha value is -3.92. The van der Waals surface area contributed by atoms with Gasteiger partial charge in [0.2, 0.25) is 0 Å². The molecule has 2 aliphatic heterocycles. The van der Waals surface area contributed by atoms with Crippen LogP contribution in [0.3, 0.4) is 0 Å². The van der Waals surface area contributed by atoms with E-state index < -0.39 is 0 Å². The van der Waals surface area contributed by atoms with Crippen LogP contribution in [0.4, 0.5) is 23.0 Å². The molecule has 6 rings (SSSR count). The number of allylic oxidation sites excluding steroid dienone is 1. The van der Waals surface area contributed by atoms with Crippen LogP contribution in [0.5, 0.6) is 0 Å². The van der Waals surface area contributed by atoms with Crippen LogP contribution in [-0.2, 0) is 0 Å². The molecule has 4 aromatic rings. The minimum Gasteiger partial charge on any atom is -0.302 e. The van der Waals surface area contributed by atoms with Gasteiger partial charge < -0.3 is 9.80 Å². The van der Waals surface area contributed by atoms with Crippen LogP contribution in [0.2, 0.25) is 0 Å². The van der Waals surface area contributed by atoms with E-state index in [1.165, 1.54) is 27.9 Å². The quantitative estimate of drug-likeness (QED) is 0.240. The number of fused-ring (bicyclic) bond motifs is 5. The Morgan fingerprint density at radius 1 is 0.821 bits per heavy atom. The first-order valence-corrected chi connectivity index (χ1v) is 14.3. The van der Waals surface area contributed by atoms with E-state index in [1.807, 2.05) is 6.20 Å². The Kier molecular flexibility index (Phi) is 6.50. The molecule has 4 nitrogen and oxygen atoms in total. The summed E-state index contributed by atoms with van der Waals surface area (Å²) in [4.78, 5) is 15.5. The van der Waals surface area contributed by atoms with Gasteiger partial charge in [0, 0.05) is 22.9 Å². The standard InChI is InChI=1S/C35H38N4/c1-7-14-28-24(6)35-38(25-15-9-8-10-16-25)33-34(39(35)31-20-12-11-17-29(28)31)37-30(21-36-33)32-26(22(2)3)18-13-19-27(32)23(4)5/h7-13,15-24,28,35H,1,14H2,2-6H3. The highest BCUT2D eigenvalue weighted by atomic mass is 15.5. The van der Waals surface area contributed by atoms with E-state index in [4.69, 9.17) is 9.97 Å². The number of rotatable bonds is 6. The normalized spacial score (nSPS) is 19.7. The maximum absolute atomic E-state index is 5.48. The van der Waals surface area contributed by atoms with Crippen molar-refractivity contribution >= 4 is 23.0 Å². The third-order valence-corrected chi connectivity index (χ3v) is 8.51. The van der Waals surface area contributed by atoms with Crippen molar-refractivity contribution in [3.63, 3.8) is 0 Å². The van der Waals surface area contributed by atoms with E-state index in [9.17, 15) is 0 Å². The van der Waals surface area contributed by atoms with Gasteiger partial charge in [0.05, 0.1) is 11.9 Å². The largest absolute Gasteiger partial charge is 0.302 e. The maximum atomic E-state index is 5.48. The number of hydrogen-bond donors (Lipinski definition) is 0. The van der Waals surface area contributed by atoms with Crippen molar-refractivity contribution in [3.8, 4) is 11.3 Å². The number of para-hydroxylation sites is 2. The first-order chi connectivity index (χ1) is 18.9. The van der Waals surface area contributed by atoms with E-state index in [0.29, 0.717) is 23.7 Å². The maximum Gasteiger partial charge on any atom is 0.179 e. The molecule has 0 radical (unpaired) electrons. The van der Waals surface area contributed by atoms with Gasteiger partial charge in [-0.25, -0.2) is 9.97 Å². The van der Waals surface area contributed by atoms with Gasteiger partial charge in [0.25, 0.3) is 0 Å². The summed E-state index contributed by atoms with van der Waals surface area (Å²) in [6, 6.07) is 26.2. The minimum atomic E-state index is 0.0717. The van der Waals surface area contributed by atoms with E-state index in [1.54, 1.807) is 0 Å². The topological polar surface area (TPSA) is 32.3 Å². The molecule has 0 bridgehead atoms. The second-order valence-corrected chi connectivity index (χ2v) is 11.6. The highest BCUT2D eigenvalue weighted by molar-refractivity contribution is 5.87. The van der Waals surface area contributed by atoms with Crippen molar-refractivity contribution in [2.75, 3.05) is 9.80 Å². The Labute approximate surface area is 233 Å². The van der Waals surface area contributed by atoms with Crippen LogP contribution in [0, 0.1) is 5.92 Å². The fourth-order valence-electron chi connectivity index (χ4n) is 6.66. The fraction of sp³-hybridized carbons (Fsp3) is 0.314. The molecule has 4 heteroatoms. The number of anilines is 4. The van der Waals surface area contributed by atoms with Crippen molar-refractivity contribution in [1.82, 2.24) is 9.97 Å².